The zero-order chi connectivity index (χ0) is 13.7. The van der Waals surface area contributed by atoms with Gasteiger partial charge < -0.3 is 19.5 Å². The third-order valence-corrected chi connectivity index (χ3v) is 3.10. The summed E-state index contributed by atoms with van der Waals surface area (Å²) < 4.78 is 16.8. The number of para-hydroxylation sites is 1. The Morgan fingerprint density at radius 1 is 1.26 bits per heavy atom. The van der Waals surface area contributed by atoms with Gasteiger partial charge in [0, 0.05) is 17.9 Å². The summed E-state index contributed by atoms with van der Waals surface area (Å²) in [6, 6.07) is 8.36. The Bertz CT molecular complexity index is 396. The van der Waals surface area contributed by atoms with E-state index in [0.717, 1.165) is 17.9 Å². The van der Waals surface area contributed by atoms with Gasteiger partial charge in [0.25, 0.3) is 0 Å². The molecule has 1 N–H and O–H groups in total. The van der Waals surface area contributed by atoms with Crippen molar-refractivity contribution in [2.24, 2.45) is 0 Å². The van der Waals surface area contributed by atoms with E-state index in [2.05, 4.69) is 17.4 Å². The summed E-state index contributed by atoms with van der Waals surface area (Å²) in [4.78, 5) is 0. The van der Waals surface area contributed by atoms with Gasteiger partial charge in [0.15, 0.2) is 5.79 Å². The Hall–Kier alpha value is -1.10. The monoisotopic (exact) mass is 265 g/mol. The van der Waals surface area contributed by atoms with E-state index in [1.54, 1.807) is 0 Å². The fourth-order valence-electron chi connectivity index (χ4n) is 1.99. The SMILES string of the molecule is CCOCc1ccccc1NC1COC(C)(C)OC1. The molecule has 1 aromatic carbocycles. The Morgan fingerprint density at radius 3 is 2.63 bits per heavy atom. The Morgan fingerprint density at radius 2 is 1.95 bits per heavy atom. The van der Waals surface area contributed by atoms with Gasteiger partial charge in [0.05, 0.1) is 25.9 Å². The van der Waals surface area contributed by atoms with Crippen LogP contribution in [0.15, 0.2) is 24.3 Å². The van der Waals surface area contributed by atoms with Crippen LogP contribution in [0.4, 0.5) is 5.69 Å². The van der Waals surface area contributed by atoms with Crippen LogP contribution in [-0.4, -0.2) is 31.6 Å². The highest BCUT2D eigenvalue weighted by molar-refractivity contribution is 5.51. The molecule has 0 bridgehead atoms. The van der Waals surface area contributed by atoms with Crippen molar-refractivity contribution in [3.8, 4) is 0 Å². The van der Waals surface area contributed by atoms with Gasteiger partial charge in [0.2, 0.25) is 0 Å². The minimum atomic E-state index is -0.469. The number of benzene rings is 1. The van der Waals surface area contributed by atoms with Gasteiger partial charge in [-0.05, 0) is 26.8 Å². The minimum absolute atomic E-state index is 0.177. The molecule has 0 atom stereocenters. The molecule has 0 spiro atoms. The molecule has 0 radical (unpaired) electrons. The number of ether oxygens (including phenoxy) is 3. The van der Waals surface area contributed by atoms with E-state index in [1.165, 1.54) is 0 Å². The van der Waals surface area contributed by atoms with E-state index in [9.17, 15) is 0 Å². The van der Waals surface area contributed by atoms with Crippen LogP contribution in [0.2, 0.25) is 0 Å². The largest absolute Gasteiger partial charge is 0.377 e. The van der Waals surface area contributed by atoms with Gasteiger partial charge in [-0.2, -0.15) is 0 Å². The maximum absolute atomic E-state index is 5.66. The molecule has 106 valence electrons. The van der Waals surface area contributed by atoms with Crippen molar-refractivity contribution in [2.75, 3.05) is 25.1 Å². The molecule has 4 nitrogen and oxygen atoms in total. The Balaban J connectivity index is 1.95. The van der Waals surface area contributed by atoms with Crippen LogP contribution in [-0.2, 0) is 20.8 Å². The van der Waals surface area contributed by atoms with Crippen LogP contribution < -0.4 is 5.32 Å². The maximum Gasteiger partial charge on any atom is 0.162 e. The molecule has 1 fully saturated rings. The second-order valence-electron chi connectivity index (χ2n) is 5.16. The third kappa shape index (κ3) is 4.20. The van der Waals surface area contributed by atoms with E-state index in [0.29, 0.717) is 19.8 Å². The molecule has 1 saturated heterocycles. The van der Waals surface area contributed by atoms with Gasteiger partial charge in [-0.15, -0.1) is 0 Å². The normalized spacial score (nSPS) is 19.3. The number of hydrogen-bond donors (Lipinski definition) is 1. The lowest BCUT2D eigenvalue weighted by molar-refractivity contribution is -0.247. The molecule has 0 unspecified atom stereocenters. The third-order valence-electron chi connectivity index (χ3n) is 3.10. The topological polar surface area (TPSA) is 39.7 Å². The second-order valence-corrected chi connectivity index (χ2v) is 5.16. The molecule has 0 aliphatic carbocycles. The van der Waals surface area contributed by atoms with Gasteiger partial charge in [-0.1, -0.05) is 18.2 Å². The summed E-state index contributed by atoms with van der Waals surface area (Å²) in [5, 5.41) is 3.47. The standard InChI is InChI=1S/C15H23NO3/c1-4-17-9-12-7-5-6-8-14(12)16-13-10-18-15(2,3)19-11-13/h5-8,13,16H,4,9-11H2,1-3H3. The number of nitrogens with one attached hydrogen (secondary N) is 1. The molecule has 1 aliphatic rings. The van der Waals surface area contributed by atoms with Gasteiger partial charge in [-0.25, -0.2) is 0 Å². The van der Waals surface area contributed by atoms with Crippen LogP contribution in [0.1, 0.15) is 26.3 Å². The second kappa shape index (κ2) is 6.37. The molecule has 0 saturated carbocycles. The summed E-state index contributed by atoms with van der Waals surface area (Å²) >= 11 is 0. The van der Waals surface area contributed by atoms with Crippen LogP contribution in [0, 0.1) is 0 Å². The lowest BCUT2D eigenvalue weighted by Gasteiger charge is -2.35. The number of rotatable bonds is 5. The molecule has 1 aliphatic heterocycles. The summed E-state index contributed by atoms with van der Waals surface area (Å²) in [7, 11) is 0. The van der Waals surface area contributed by atoms with Crippen LogP contribution in [0.25, 0.3) is 0 Å². The van der Waals surface area contributed by atoms with Gasteiger partial charge in [0.1, 0.15) is 0 Å². The predicted octanol–water partition coefficient (Wildman–Crippen LogP) is 2.79. The highest BCUT2D eigenvalue weighted by Crippen LogP contribution is 2.22. The molecule has 19 heavy (non-hydrogen) atoms. The molecule has 1 heterocycles. The zero-order valence-corrected chi connectivity index (χ0v) is 11.9. The Kier molecular flexibility index (Phi) is 4.80. The predicted molar refractivity (Wildman–Crippen MR) is 75.2 cm³/mol. The Labute approximate surface area is 115 Å². The molecule has 4 heteroatoms. The molecular weight excluding hydrogens is 242 g/mol. The lowest BCUT2D eigenvalue weighted by Crippen LogP contribution is -2.45. The smallest absolute Gasteiger partial charge is 0.162 e. The van der Waals surface area contributed by atoms with Crippen molar-refractivity contribution in [3.05, 3.63) is 29.8 Å². The quantitative estimate of drug-likeness (QED) is 0.888. The first-order valence-electron chi connectivity index (χ1n) is 6.81. The molecule has 0 aromatic heterocycles. The minimum Gasteiger partial charge on any atom is -0.377 e. The fourth-order valence-corrected chi connectivity index (χ4v) is 1.99. The zero-order valence-electron chi connectivity index (χ0n) is 11.9. The average Bonchev–Trinajstić information content (AvgIpc) is 2.40. The maximum atomic E-state index is 5.66. The van der Waals surface area contributed by atoms with Crippen molar-refractivity contribution < 1.29 is 14.2 Å². The molecule has 1 aromatic rings. The first-order valence-corrected chi connectivity index (χ1v) is 6.81. The van der Waals surface area contributed by atoms with Crippen molar-refractivity contribution in [1.82, 2.24) is 0 Å². The van der Waals surface area contributed by atoms with Gasteiger partial charge >= 0.3 is 0 Å². The van der Waals surface area contributed by atoms with Crippen LogP contribution >= 0.6 is 0 Å². The first-order chi connectivity index (χ1) is 9.11. The summed E-state index contributed by atoms with van der Waals surface area (Å²) in [6.07, 6.45) is 0. The van der Waals surface area contributed by atoms with Crippen molar-refractivity contribution in [3.63, 3.8) is 0 Å². The number of hydrogen-bond acceptors (Lipinski definition) is 4. The molecule has 0 amide bonds. The van der Waals surface area contributed by atoms with Crippen molar-refractivity contribution in [2.45, 2.75) is 39.2 Å². The van der Waals surface area contributed by atoms with Gasteiger partial charge in [-0.3, -0.25) is 0 Å². The van der Waals surface area contributed by atoms with E-state index in [-0.39, 0.29) is 6.04 Å². The van der Waals surface area contributed by atoms with Crippen molar-refractivity contribution >= 4 is 5.69 Å². The summed E-state index contributed by atoms with van der Waals surface area (Å²) in [5.41, 5.74) is 2.25. The van der Waals surface area contributed by atoms with E-state index in [1.807, 2.05) is 32.9 Å². The van der Waals surface area contributed by atoms with E-state index >= 15 is 0 Å². The first kappa shape index (κ1) is 14.3. The highest BCUT2D eigenvalue weighted by Gasteiger charge is 2.28. The fraction of sp³-hybridized carbons (Fsp3) is 0.600. The number of anilines is 1. The average molecular weight is 265 g/mol. The highest BCUT2D eigenvalue weighted by atomic mass is 16.7. The van der Waals surface area contributed by atoms with Crippen LogP contribution in [0.3, 0.4) is 0 Å². The van der Waals surface area contributed by atoms with E-state index in [4.69, 9.17) is 14.2 Å². The van der Waals surface area contributed by atoms with Crippen LogP contribution in [0.5, 0.6) is 0 Å². The lowest BCUT2D eigenvalue weighted by atomic mass is 10.1. The summed E-state index contributed by atoms with van der Waals surface area (Å²) in [5.74, 6) is -0.469. The summed E-state index contributed by atoms with van der Waals surface area (Å²) in [6.45, 7) is 8.52. The molecule has 2 rings (SSSR count). The van der Waals surface area contributed by atoms with E-state index < -0.39 is 5.79 Å². The molecular formula is C15H23NO3. The van der Waals surface area contributed by atoms with Crippen molar-refractivity contribution in [1.29, 1.82) is 0 Å².